The van der Waals surface area contributed by atoms with Crippen LogP contribution in [0.15, 0.2) is 24.3 Å². The summed E-state index contributed by atoms with van der Waals surface area (Å²) in [6.45, 7) is 2.10. The van der Waals surface area contributed by atoms with Crippen molar-refractivity contribution >= 4 is 28.9 Å². The highest BCUT2D eigenvalue weighted by atomic mass is 16.2. The molecule has 6 heteroatoms. The quantitative estimate of drug-likeness (QED) is 0.632. The zero-order valence-electron chi connectivity index (χ0n) is 12.4. The molecule has 0 bridgehead atoms. The molecule has 0 aliphatic carbocycles. The van der Waals surface area contributed by atoms with Crippen molar-refractivity contribution in [3.63, 3.8) is 0 Å². The van der Waals surface area contributed by atoms with Gasteiger partial charge in [-0.3, -0.25) is 14.3 Å². The number of carbonyl (C=O) groups is 3. The van der Waals surface area contributed by atoms with Gasteiger partial charge in [-0.2, -0.15) is 5.10 Å². The zero-order valence-corrected chi connectivity index (χ0v) is 12.4. The number of ketones is 1. The van der Waals surface area contributed by atoms with Crippen LogP contribution >= 0.6 is 0 Å². The minimum Gasteiger partial charge on any atom is -0.331 e. The second-order valence-corrected chi connectivity index (χ2v) is 5.51. The van der Waals surface area contributed by atoms with E-state index in [1.165, 1.54) is 6.92 Å². The maximum Gasteiger partial charge on any atom is 0.244 e. The average Bonchev–Trinajstić information content (AvgIpc) is 3.12. The fourth-order valence-corrected chi connectivity index (χ4v) is 2.97. The predicted octanol–water partition coefficient (Wildman–Crippen LogP) is 1.43. The molecule has 0 spiro atoms. The molecule has 0 N–H and O–H groups in total. The van der Waals surface area contributed by atoms with Gasteiger partial charge in [0, 0.05) is 18.9 Å². The van der Waals surface area contributed by atoms with Crippen molar-refractivity contribution in [1.82, 2.24) is 14.7 Å². The van der Waals surface area contributed by atoms with Crippen molar-refractivity contribution in [2.75, 3.05) is 6.54 Å². The van der Waals surface area contributed by atoms with Gasteiger partial charge in [0.05, 0.1) is 11.6 Å². The molecule has 1 aromatic carbocycles. The Balaban J connectivity index is 1.92. The number of amides is 1. The molecular weight excluding hydrogens is 282 g/mol. The van der Waals surface area contributed by atoms with Crippen molar-refractivity contribution in [3.8, 4) is 0 Å². The maximum atomic E-state index is 12.4. The summed E-state index contributed by atoms with van der Waals surface area (Å²) in [6, 6.07) is 7.01. The van der Waals surface area contributed by atoms with Gasteiger partial charge in [-0.05, 0) is 18.9 Å². The van der Waals surface area contributed by atoms with Gasteiger partial charge in [-0.25, -0.2) is 0 Å². The van der Waals surface area contributed by atoms with E-state index in [0.29, 0.717) is 18.7 Å². The highest BCUT2D eigenvalue weighted by molar-refractivity contribution is 6.05. The predicted molar refractivity (Wildman–Crippen MR) is 80.5 cm³/mol. The van der Waals surface area contributed by atoms with Crippen LogP contribution in [0.2, 0.25) is 0 Å². The van der Waals surface area contributed by atoms with E-state index >= 15 is 0 Å². The molecule has 0 unspecified atom stereocenters. The molecular formula is C16H17N3O3. The summed E-state index contributed by atoms with van der Waals surface area (Å²) in [6.07, 6.45) is 2.38. The molecule has 114 valence electrons. The Morgan fingerprint density at radius 1 is 1.36 bits per heavy atom. The molecule has 6 nitrogen and oxygen atoms in total. The molecule has 0 saturated carbocycles. The van der Waals surface area contributed by atoms with Crippen molar-refractivity contribution in [3.05, 3.63) is 30.0 Å². The Labute approximate surface area is 127 Å². The summed E-state index contributed by atoms with van der Waals surface area (Å²) in [5.74, 6) is -0.271. The minimum absolute atomic E-state index is 0.0398. The van der Waals surface area contributed by atoms with E-state index in [-0.39, 0.29) is 24.3 Å². The number of benzene rings is 1. The Morgan fingerprint density at radius 3 is 2.86 bits per heavy atom. The zero-order chi connectivity index (χ0) is 15.7. The second-order valence-electron chi connectivity index (χ2n) is 5.51. The van der Waals surface area contributed by atoms with Gasteiger partial charge < -0.3 is 9.69 Å². The van der Waals surface area contributed by atoms with Crippen LogP contribution in [0.25, 0.3) is 10.9 Å². The number of hydrogen-bond acceptors (Lipinski definition) is 4. The number of fused-ring (bicyclic) bond motifs is 1. The molecule has 1 amide bonds. The number of para-hydroxylation sites is 1. The van der Waals surface area contributed by atoms with Gasteiger partial charge in [0.1, 0.15) is 18.5 Å². The van der Waals surface area contributed by atoms with Crippen LogP contribution in [0.1, 0.15) is 30.3 Å². The fourth-order valence-electron chi connectivity index (χ4n) is 2.97. The van der Waals surface area contributed by atoms with Crippen LogP contribution < -0.4 is 0 Å². The van der Waals surface area contributed by atoms with E-state index < -0.39 is 0 Å². The monoisotopic (exact) mass is 299 g/mol. The molecule has 1 aromatic heterocycles. The molecule has 0 radical (unpaired) electrons. The van der Waals surface area contributed by atoms with E-state index in [2.05, 4.69) is 5.10 Å². The van der Waals surface area contributed by atoms with Crippen molar-refractivity contribution in [2.45, 2.75) is 32.4 Å². The molecule has 1 aliphatic heterocycles. The standard InChI is InChI=1S/C16H17N3O3/c1-11(21)16-13-6-2-3-7-14(13)19(17-16)9-15(22)18-8-4-5-12(18)10-20/h2-3,6-7,10,12H,4-5,8-9H2,1H3/t12-/m0/s1. The lowest BCUT2D eigenvalue weighted by Crippen LogP contribution is -2.38. The number of likely N-dealkylation sites (tertiary alicyclic amines) is 1. The third kappa shape index (κ3) is 2.41. The summed E-state index contributed by atoms with van der Waals surface area (Å²) in [4.78, 5) is 36.7. The number of aromatic nitrogens is 2. The second kappa shape index (κ2) is 5.71. The summed E-state index contributed by atoms with van der Waals surface area (Å²) in [5, 5.41) is 5.03. The van der Waals surface area contributed by atoms with E-state index in [1.807, 2.05) is 24.3 Å². The molecule has 1 fully saturated rings. The Morgan fingerprint density at radius 2 is 2.14 bits per heavy atom. The number of Topliss-reactive ketones (excluding diaryl/α,β-unsaturated/α-hetero) is 1. The first-order chi connectivity index (χ1) is 10.6. The van der Waals surface area contributed by atoms with Crippen LogP contribution in [0.4, 0.5) is 0 Å². The van der Waals surface area contributed by atoms with Crippen LogP contribution in [0.3, 0.4) is 0 Å². The molecule has 1 aliphatic rings. The maximum absolute atomic E-state index is 12.4. The van der Waals surface area contributed by atoms with Crippen LogP contribution in [0, 0.1) is 0 Å². The largest absolute Gasteiger partial charge is 0.331 e. The fraction of sp³-hybridized carbons (Fsp3) is 0.375. The first-order valence-electron chi connectivity index (χ1n) is 7.33. The van der Waals surface area contributed by atoms with Gasteiger partial charge in [0.15, 0.2) is 5.78 Å². The lowest BCUT2D eigenvalue weighted by Gasteiger charge is -2.20. The van der Waals surface area contributed by atoms with Gasteiger partial charge in [0.2, 0.25) is 5.91 Å². The van der Waals surface area contributed by atoms with Gasteiger partial charge in [-0.15, -0.1) is 0 Å². The number of aldehydes is 1. The van der Waals surface area contributed by atoms with E-state index in [9.17, 15) is 14.4 Å². The molecule has 22 heavy (non-hydrogen) atoms. The molecule has 3 rings (SSSR count). The highest BCUT2D eigenvalue weighted by Crippen LogP contribution is 2.20. The lowest BCUT2D eigenvalue weighted by molar-refractivity contribution is -0.135. The number of hydrogen-bond donors (Lipinski definition) is 0. The molecule has 1 saturated heterocycles. The van der Waals surface area contributed by atoms with Crippen LogP contribution in [-0.4, -0.2) is 45.2 Å². The summed E-state index contributed by atoms with van der Waals surface area (Å²) in [7, 11) is 0. The number of carbonyl (C=O) groups excluding carboxylic acids is 3. The Kier molecular flexibility index (Phi) is 3.75. The van der Waals surface area contributed by atoms with Gasteiger partial charge >= 0.3 is 0 Å². The normalized spacial score (nSPS) is 17.9. The first kappa shape index (κ1) is 14.4. The van der Waals surface area contributed by atoms with Crippen LogP contribution in [0.5, 0.6) is 0 Å². The number of rotatable bonds is 4. The molecule has 2 heterocycles. The molecule has 1 atom stereocenters. The van der Waals surface area contributed by atoms with Crippen molar-refractivity contribution in [2.24, 2.45) is 0 Å². The first-order valence-corrected chi connectivity index (χ1v) is 7.33. The third-order valence-electron chi connectivity index (χ3n) is 4.05. The number of nitrogens with zero attached hydrogens (tertiary/aromatic N) is 3. The van der Waals surface area contributed by atoms with Crippen LogP contribution in [-0.2, 0) is 16.1 Å². The van der Waals surface area contributed by atoms with E-state index in [1.54, 1.807) is 9.58 Å². The smallest absolute Gasteiger partial charge is 0.244 e. The molecule has 2 aromatic rings. The lowest BCUT2D eigenvalue weighted by atomic mass is 10.2. The Hall–Kier alpha value is -2.50. The summed E-state index contributed by atoms with van der Waals surface area (Å²) >= 11 is 0. The van der Waals surface area contributed by atoms with Crippen molar-refractivity contribution < 1.29 is 14.4 Å². The minimum atomic E-state index is -0.332. The topological polar surface area (TPSA) is 72.3 Å². The highest BCUT2D eigenvalue weighted by Gasteiger charge is 2.28. The van der Waals surface area contributed by atoms with Crippen molar-refractivity contribution in [1.29, 1.82) is 0 Å². The van der Waals surface area contributed by atoms with Gasteiger partial charge in [0.25, 0.3) is 0 Å². The summed E-state index contributed by atoms with van der Waals surface area (Å²) < 4.78 is 1.55. The van der Waals surface area contributed by atoms with E-state index in [4.69, 9.17) is 0 Å². The third-order valence-corrected chi connectivity index (χ3v) is 4.05. The summed E-state index contributed by atoms with van der Waals surface area (Å²) in [5.41, 5.74) is 1.12. The SMILES string of the molecule is CC(=O)c1nn(CC(=O)N2CCC[C@H]2C=O)c2ccccc12. The Bertz CT molecular complexity index is 750. The average molecular weight is 299 g/mol. The van der Waals surface area contributed by atoms with E-state index in [0.717, 1.165) is 23.6 Å². The van der Waals surface area contributed by atoms with Gasteiger partial charge in [-0.1, -0.05) is 18.2 Å².